The zero-order valence-electron chi connectivity index (χ0n) is 15.2. The van der Waals surface area contributed by atoms with Gasteiger partial charge in [-0.25, -0.2) is 27.3 Å². The van der Waals surface area contributed by atoms with Crippen molar-refractivity contribution in [2.45, 2.75) is 42.7 Å². The average molecular weight is 419 g/mol. The number of halogens is 1. The number of carbonyl (C=O) groups is 1. The zero-order chi connectivity index (χ0) is 21.0. The lowest BCUT2D eigenvalue weighted by molar-refractivity contribution is 0.0691. The van der Waals surface area contributed by atoms with E-state index < -0.39 is 27.4 Å². The third-order valence-corrected chi connectivity index (χ3v) is 6.15. The molecule has 1 aromatic carbocycles. The summed E-state index contributed by atoms with van der Waals surface area (Å²) in [7, 11) is -3.98. The summed E-state index contributed by atoms with van der Waals surface area (Å²) >= 11 is 0. The standard InChI is InChI=1S/C19H18FN3O5S/c20-17-7-6-15(9-16(17)19(24)25)29(26,27)23-13-2-4-14(5-3-13)28-18-8-1-12(10-21)11-22-18/h1,6-9,11,13-14,23H,2-5H2,(H,24,25). The molecule has 0 spiro atoms. The van der Waals surface area contributed by atoms with Crippen LogP contribution in [0.4, 0.5) is 4.39 Å². The number of benzene rings is 1. The topological polar surface area (TPSA) is 129 Å². The first kappa shape index (κ1) is 20.7. The van der Waals surface area contributed by atoms with E-state index in [9.17, 15) is 17.6 Å². The number of ether oxygens (including phenoxy) is 1. The molecule has 0 radical (unpaired) electrons. The quantitative estimate of drug-likeness (QED) is 0.736. The van der Waals surface area contributed by atoms with Gasteiger partial charge >= 0.3 is 5.97 Å². The van der Waals surface area contributed by atoms with Crippen LogP contribution in [0.2, 0.25) is 0 Å². The molecular weight excluding hydrogens is 401 g/mol. The lowest BCUT2D eigenvalue weighted by Crippen LogP contribution is -2.39. The Hall–Kier alpha value is -3.03. The van der Waals surface area contributed by atoms with Gasteiger partial charge in [-0.15, -0.1) is 0 Å². The predicted octanol–water partition coefficient (Wildman–Crippen LogP) is 2.46. The Bertz CT molecular complexity index is 1040. The number of hydrogen-bond donors (Lipinski definition) is 2. The van der Waals surface area contributed by atoms with Crippen LogP contribution in [-0.2, 0) is 10.0 Å². The van der Waals surface area contributed by atoms with Crippen LogP contribution < -0.4 is 9.46 Å². The number of nitriles is 1. The highest BCUT2D eigenvalue weighted by atomic mass is 32.2. The Morgan fingerprint density at radius 2 is 1.97 bits per heavy atom. The summed E-state index contributed by atoms with van der Waals surface area (Å²) in [5.41, 5.74) is -0.262. The smallest absolute Gasteiger partial charge is 0.338 e. The second-order valence-electron chi connectivity index (χ2n) is 6.66. The van der Waals surface area contributed by atoms with Crippen molar-refractivity contribution in [2.24, 2.45) is 0 Å². The first-order valence-electron chi connectivity index (χ1n) is 8.86. The maximum absolute atomic E-state index is 13.5. The second-order valence-corrected chi connectivity index (χ2v) is 8.37. The van der Waals surface area contributed by atoms with Gasteiger partial charge in [0.1, 0.15) is 18.0 Å². The number of nitrogens with zero attached hydrogens (tertiary/aromatic N) is 2. The summed E-state index contributed by atoms with van der Waals surface area (Å²) in [5, 5.41) is 17.7. The van der Waals surface area contributed by atoms with Crippen molar-refractivity contribution in [3.8, 4) is 11.9 Å². The number of aromatic nitrogens is 1. The molecule has 0 bridgehead atoms. The molecule has 0 saturated heterocycles. The first-order valence-corrected chi connectivity index (χ1v) is 10.3. The minimum Gasteiger partial charge on any atom is -0.478 e. The van der Waals surface area contributed by atoms with Gasteiger partial charge in [0, 0.05) is 18.3 Å². The van der Waals surface area contributed by atoms with E-state index in [1.807, 2.05) is 6.07 Å². The van der Waals surface area contributed by atoms with Gasteiger partial charge in [-0.2, -0.15) is 5.26 Å². The highest BCUT2D eigenvalue weighted by Gasteiger charge is 2.27. The van der Waals surface area contributed by atoms with Crippen molar-refractivity contribution in [3.05, 3.63) is 53.5 Å². The van der Waals surface area contributed by atoms with Crippen molar-refractivity contribution in [1.82, 2.24) is 9.71 Å². The van der Waals surface area contributed by atoms with Crippen LogP contribution in [-0.4, -0.2) is 36.6 Å². The largest absolute Gasteiger partial charge is 0.478 e. The molecule has 1 aliphatic rings. The van der Waals surface area contributed by atoms with E-state index in [0.717, 1.165) is 18.2 Å². The Kier molecular flexibility index (Phi) is 6.10. The second kappa shape index (κ2) is 8.55. The number of hydrogen-bond acceptors (Lipinski definition) is 6. The number of carboxylic acid groups (broad SMARTS) is 1. The Morgan fingerprint density at radius 3 is 2.55 bits per heavy atom. The highest BCUT2D eigenvalue weighted by Crippen LogP contribution is 2.25. The molecule has 8 nitrogen and oxygen atoms in total. The minimum atomic E-state index is -3.98. The first-order chi connectivity index (χ1) is 13.8. The van der Waals surface area contributed by atoms with Gasteiger partial charge in [0.2, 0.25) is 15.9 Å². The SMILES string of the molecule is N#Cc1ccc(OC2CCC(NS(=O)(=O)c3ccc(F)c(C(=O)O)c3)CC2)nc1. The maximum atomic E-state index is 13.5. The van der Waals surface area contributed by atoms with Crippen molar-refractivity contribution in [1.29, 1.82) is 5.26 Å². The molecule has 1 aromatic heterocycles. The number of sulfonamides is 1. The minimum absolute atomic E-state index is 0.124. The fourth-order valence-electron chi connectivity index (χ4n) is 3.11. The molecule has 1 heterocycles. The van der Waals surface area contributed by atoms with Gasteiger partial charge in [0.25, 0.3) is 0 Å². The monoisotopic (exact) mass is 419 g/mol. The highest BCUT2D eigenvalue weighted by molar-refractivity contribution is 7.89. The molecule has 0 atom stereocenters. The Labute approximate surface area is 167 Å². The maximum Gasteiger partial charge on any atom is 0.338 e. The number of rotatable bonds is 6. The Balaban J connectivity index is 1.59. The van der Waals surface area contributed by atoms with Crippen molar-refractivity contribution in [3.63, 3.8) is 0 Å². The zero-order valence-corrected chi connectivity index (χ0v) is 16.0. The van der Waals surface area contributed by atoms with E-state index in [4.69, 9.17) is 15.1 Å². The van der Waals surface area contributed by atoms with Crippen molar-refractivity contribution >= 4 is 16.0 Å². The number of carboxylic acids is 1. The van der Waals surface area contributed by atoms with E-state index in [1.54, 1.807) is 12.1 Å². The number of pyridine rings is 1. The van der Waals surface area contributed by atoms with Gasteiger partial charge in [0.05, 0.1) is 16.0 Å². The summed E-state index contributed by atoms with van der Waals surface area (Å²) in [4.78, 5) is 14.8. The van der Waals surface area contributed by atoms with Gasteiger partial charge in [0.15, 0.2) is 0 Å². The lowest BCUT2D eigenvalue weighted by Gasteiger charge is -2.29. The van der Waals surface area contributed by atoms with Gasteiger partial charge < -0.3 is 9.84 Å². The molecular formula is C19H18FN3O5S. The molecule has 0 aliphatic heterocycles. The molecule has 0 unspecified atom stereocenters. The number of nitrogens with one attached hydrogen (secondary N) is 1. The number of aromatic carboxylic acids is 1. The summed E-state index contributed by atoms with van der Waals surface area (Å²) in [5.74, 6) is -2.13. The van der Waals surface area contributed by atoms with E-state index in [-0.39, 0.29) is 17.0 Å². The van der Waals surface area contributed by atoms with Crippen molar-refractivity contribution in [2.75, 3.05) is 0 Å². The summed E-state index contributed by atoms with van der Waals surface area (Å²) < 4.78 is 46.9. The van der Waals surface area contributed by atoms with Crippen LogP contribution in [0.25, 0.3) is 0 Å². The molecule has 2 aromatic rings. The molecule has 1 saturated carbocycles. The molecule has 10 heteroatoms. The van der Waals surface area contributed by atoms with Crippen LogP contribution in [0.5, 0.6) is 5.88 Å². The van der Waals surface area contributed by atoms with E-state index >= 15 is 0 Å². The normalized spacial score (nSPS) is 19.3. The predicted molar refractivity (Wildman–Crippen MR) is 99.3 cm³/mol. The van der Waals surface area contributed by atoms with E-state index in [1.165, 1.54) is 6.20 Å². The fourth-order valence-corrected chi connectivity index (χ4v) is 4.44. The molecule has 3 rings (SSSR count). The molecule has 152 valence electrons. The fraction of sp³-hybridized carbons (Fsp3) is 0.316. The molecule has 29 heavy (non-hydrogen) atoms. The Morgan fingerprint density at radius 1 is 1.24 bits per heavy atom. The van der Waals surface area contributed by atoms with Gasteiger partial charge in [-0.1, -0.05) is 0 Å². The van der Waals surface area contributed by atoms with Gasteiger partial charge in [-0.05, 0) is 49.9 Å². The average Bonchev–Trinajstić information content (AvgIpc) is 2.70. The van der Waals surface area contributed by atoms with Crippen LogP contribution in [0.3, 0.4) is 0 Å². The molecule has 1 fully saturated rings. The summed E-state index contributed by atoms with van der Waals surface area (Å²) in [6.45, 7) is 0. The summed E-state index contributed by atoms with van der Waals surface area (Å²) in [6, 6.07) is 7.53. The molecule has 0 amide bonds. The lowest BCUT2D eigenvalue weighted by atomic mass is 9.94. The molecule has 1 aliphatic carbocycles. The van der Waals surface area contributed by atoms with Crippen LogP contribution in [0.15, 0.2) is 41.4 Å². The molecule has 2 N–H and O–H groups in total. The van der Waals surface area contributed by atoms with Crippen LogP contribution in [0.1, 0.15) is 41.6 Å². The summed E-state index contributed by atoms with van der Waals surface area (Å²) in [6.07, 6.45) is 3.53. The van der Waals surface area contributed by atoms with Crippen LogP contribution >= 0.6 is 0 Å². The van der Waals surface area contributed by atoms with Crippen LogP contribution in [0, 0.1) is 17.1 Å². The van der Waals surface area contributed by atoms with Gasteiger partial charge in [-0.3, -0.25) is 0 Å². The third kappa shape index (κ3) is 5.07. The van der Waals surface area contributed by atoms with E-state index in [0.29, 0.717) is 37.1 Å². The van der Waals surface area contributed by atoms with E-state index in [2.05, 4.69) is 9.71 Å². The van der Waals surface area contributed by atoms with Crippen molar-refractivity contribution < 1.29 is 27.4 Å². The third-order valence-electron chi connectivity index (χ3n) is 4.63.